The molecule has 2 N–H and O–H groups in total. The van der Waals surface area contributed by atoms with Crippen LogP contribution in [0.25, 0.3) is 0 Å². The highest BCUT2D eigenvalue weighted by atomic mass is 16.6. The number of amides is 4. The third-order valence-electron chi connectivity index (χ3n) is 5.95. The Morgan fingerprint density at radius 2 is 1.65 bits per heavy atom. The molecule has 0 bridgehead atoms. The molecular formula is C26H31N5O9. The summed E-state index contributed by atoms with van der Waals surface area (Å²) in [6.45, 7) is 3.10. The molecule has 1 saturated heterocycles. The fraction of sp³-hybridized carbons (Fsp3) is 0.385. The monoisotopic (exact) mass is 557 g/mol. The van der Waals surface area contributed by atoms with Crippen molar-refractivity contribution < 1.29 is 38.3 Å². The molecule has 1 aliphatic heterocycles. The lowest BCUT2D eigenvalue weighted by Crippen LogP contribution is -2.53. The molecule has 1 fully saturated rings. The number of hydrazine groups is 1. The normalized spacial score (nSPS) is 16.0. The predicted octanol–water partition coefficient (Wildman–Crippen LogP) is 3.11. The number of carbonyl (C=O) groups is 4. The zero-order chi connectivity index (χ0) is 29.1. The number of non-ortho nitro benzene ring substituents is 1. The minimum absolute atomic E-state index is 0.0224. The van der Waals surface area contributed by atoms with Crippen molar-refractivity contribution in [3.8, 4) is 0 Å². The van der Waals surface area contributed by atoms with Crippen molar-refractivity contribution in [1.29, 1.82) is 0 Å². The number of nitrogens with zero attached hydrogens (tertiary/aromatic N) is 3. The molecular weight excluding hydrogens is 526 g/mol. The zero-order valence-electron chi connectivity index (χ0n) is 22.1. The number of nitro benzene ring substituents is 1. The number of hydrogen-bond donors (Lipinski definition) is 2. The standard InChI is InChI=1S/C26H31N5O9/c1-3-38-24(33)28-30(26(35)39-4-2)21-14-22(23(32)27-15-18-8-6-5-7-9-18)29(16-21)25(34)40-17-19-10-12-20(13-11-19)31(36)37/h5-13,21-22H,3-4,14-17H2,1-2H3,(H,27,32)(H,28,33)/t21-,22-/m0/s1. The molecule has 1 aliphatic rings. The van der Waals surface area contributed by atoms with E-state index in [1.807, 2.05) is 30.3 Å². The van der Waals surface area contributed by atoms with Gasteiger partial charge in [-0.25, -0.2) is 24.8 Å². The van der Waals surface area contributed by atoms with Crippen molar-refractivity contribution in [1.82, 2.24) is 20.7 Å². The van der Waals surface area contributed by atoms with Gasteiger partial charge in [-0.05, 0) is 37.1 Å². The molecule has 0 aromatic heterocycles. The molecule has 14 nitrogen and oxygen atoms in total. The largest absolute Gasteiger partial charge is 0.449 e. The van der Waals surface area contributed by atoms with Crippen LogP contribution >= 0.6 is 0 Å². The van der Waals surface area contributed by atoms with E-state index in [0.29, 0.717) is 5.56 Å². The minimum Gasteiger partial charge on any atom is -0.449 e. The first-order chi connectivity index (χ1) is 19.2. The molecule has 2 aromatic carbocycles. The van der Waals surface area contributed by atoms with Gasteiger partial charge in [0.15, 0.2) is 0 Å². The lowest BCUT2D eigenvalue weighted by molar-refractivity contribution is -0.384. The molecule has 2 aromatic rings. The Morgan fingerprint density at radius 3 is 2.27 bits per heavy atom. The third kappa shape index (κ3) is 8.06. The van der Waals surface area contributed by atoms with Crippen LogP contribution < -0.4 is 10.7 Å². The second-order valence-electron chi connectivity index (χ2n) is 8.64. The highest BCUT2D eigenvalue weighted by Gasteiger charge is 2.45. The second kappa shape index (κ2) is 14.3. The molecule has 2 atom stereocenters. The van der Waals surface area contributed by atoms with E-state index in [0.717, 1.165) is 15.5 Å². The minimum atomic E-state index is -1.04. The van der Waals surface area contributed by atoms with Gasteiger partial charge in [0.1, 0.15) is 12.6 Å². The van der Waals surface area contributed by atoms with Crippen LogP contribution in [0.3, 0.4) is 0 Å². The van der Waals surface area contributed by atoms with E-state index in [-0.39, 0.29) is 45.0 Å². The van der Waals surface area contributed by atoms with E-state index in [9.17, 15) is 29.3 Å². The maximum Gasteiger partial charge on any atom is 0.429 e. The van der Waals surface area contributed by atoms with E-state index in [4.69, 9.17) is 14.2 Å². The van der Waals surface area contributed by atoms with Crippen molar-refractivity contribution in [3.05, 3.63) is 75.8 Å². The van der Waals surface area contributed by atoms with Crippen molar-refractivity contribution in [2.45, 2.75) is 45.5 Å². The number of nitro groups is 1. The molecule has 0 aliphatic carbocycles. The van der Waals surface area contributed by atoms with Crippen LogP contribution in [0.15, 0.2) is 54.6 Å². The van der Waals surface area contributed by atoms with Crippen LogP contribution in [0.5, 0.6) is 0 Å². The average molecular weight is 558 g/mol. The molecule has 0 unspecified atom stereocenters. The predicted molar refractivity (Wildman–Crippen MR) is 139 cm³/mol. The van der Waals surface area contributed by atoms with E-state index in [1.165, 1.54) is 24.3 Å². The highest BCUT2D eigenvalue weighted by Crippen LogP contribution is 2.24. The number of nitrogens with one attached hydrogen (secondary N) is 2. The smallest absolute Gasteiger partial charge is 0.429 e. The van der Waals surface area contributed by atoms with Crippen molar-refractivity contribution >= 4 is 29.9 Å². The summed E-state index contributed by atoms with van der Waals surface area (Å²) in [5.41, 5.74) is 3.55. The van der Waals surface area contributed by atoms with Crippen LogP contribution in [-0.2, 0) is 32.2 Å². The first-order valence-corrected chi connectivity index (χ1v) is 12.6. The molecule has 40 heavy (non-hydrogen) atoms. The Labute approximate surface area is 230 Å². The van der Waals surface area contributed by atoms with Gasteiger partial charge < -0.3 is 19.5 Å². The number of hydrogen-bond acceptors (Lipinski definition) is 9. The summed E-state index contributed by atoms with van der Waals surface area (Å²) in [5.74, 6) is -0.487. The van der Waals surface area contributed by atoms with Gasteiger partial charge in [-0.15, -0.1) is 0 Å². The van der Waals surface area contributed by atoms with Gasteiger partial charge in [0.05, 0.1) is 24.2 Å². The molecule has 214 valence electrons. The summed E-state index contributed by atoms with van der Waals surface area (Å²) in [4.78, 5) is 62.7. The van der Waals surface area contributed by atoms with E-state index >= 15 is 0 Å². The Kier molecular flexibility index (Phi) is 10.6. The number of rotatable bonds is 9. The molecule has 0 radical (unpaired) electrons. The lowest BCUT2D eigenvalue weighted by atomic mass is 10.1. The summed E-state index contributed by atoms with van der Waals surface area (Å²) in [6, 6.07) is 12.8. The SMILES string of the molecule is CCOC(=O)NN(C(=O)OCC)[C@H]1C[C@@H](C(=O)NCc2ccccc2)N(C(=O)OCc2ccc([N+](=O)[O-])cc2)C1. The first-order valence-electron chi connectivity index (χ1n) is 12.6. The van der Waals surface area contributed by atoms with E-state index in [2.05, 4.69) is 10.7 Å². The van der Waals surface area contributed by atoms with Crippen molar-refractivity contribution in [2.24, 2.45) is 0 Å². The van der Waals surface area contributed by atoms with Crippen LogP contribution in [-0.4, -0.2) is 70.9 Å². The lowest BCUT2D eigenvalue weighted by Gasteiger charge is -2.27. The maximum absolute atomic E-state index is 13.2. The number of ether oxygens (including phenoxy) is 3. The molecule has 0 saturated carbocycles. The molecule has 3 rings (SSSR count). The number of likely N-dealkylation sites (tertiary alicyclic amines) is 1. The Hall–Kier alpha value is -4.88. The van der Waals surface area contributed by atoms with Crippen LogP contribution in [0, 0.1) is 10.1 Å². The van der Waals surface area contributed by atoms with Crippen molar-refractivity contribution in [2.75, 3.05) is 19.8 Å². The van der Waals surface area contributed by atoms with Crippen LogP contribution in [0.2, 0.25) is 0 Å². The molecule has 1 heterocycles. The first kappa shape index (κ1) is 29.7. The fourth-order valence-electron chi connectivity index (χ4n) is 4.04. The van der Waals surface area contributed by atoms with Gasteiger partial charge in [0.2, 0.25) is 5.91 Å². The van der Waals surface area contributed by atoms with Gasteiger partial charge >= 0.3 is 18.3 Å². The van der Waals surface area contributed by atoms with Crippen LogP contribution in [0.1, 0.15) is 31.4 Å². The summed E-state index contributed by atoms with van der Waals surface area (Å²) in [6.07, 6.45) is -2.66. The topological polar surface area (TPSA) is 170 Å². The van der Waals surface area contributed by atoms with E-state index < -0.39 is 41.2 Å². The Bertz CT molecular complexity index is 1190. The van der Waals surface area contributed by atoms with E-state index in [1.54, 1.807) is 13.8 Å². The van der Waals surface area contributed by atoms with Gasteiger partial charge in [0.25, 0.3) is 5.69 Å². The van der Waals surface area contributed by atoms with Crippen molar-refractivity contribution in [3.63, 3.8) is 0 Å². The molecule has 0 spiro atoms. The quantitative estimate of drug-likeness (QED) is 0.267. The highest BCUT2D eigenvalue weighted by molar-refractivity contribution is 5.86. The Balaban J connectivity index is 1.77. The Morgan fingerprint density at radius 1 is 0.975 bits per heavy atom. The maximum atomic E-state index is 13.2. The second-order valence-corrected chi connectivity index (χ2v) is 8.64. The van der Waals surface area contributed by atoms with Gasteiger partial charge in [-0.3, -0.25) is 19.8 Å². The summed E-state index contributed by atoms with van der Waals surface area (Å²) >= 11 is 0. The van der Waals surface area contributed by atoms with Gasteiger partial charge in [-0.2, -0.15) is 0 Å². The summed E-state index contributed by atoms with van der Waals surface area (Å²) in [5, 5.41) is 14.6. The number of carbonyl (C=O) groups excluding carboxylic acids is 4. The molecule has 14 heteroatoms. The zero-order valence-corrected chi connectivity index (χ0v) is 22.1. The number of benzene rings is 2. The third-order valence-corrected chi connectivity index (χ3v) is 5.95. The van der Waals surface area contributed by atoms with Gasteiger partial charge in [0, 0.05) is 31.6 Å². The summed E-state index contributed by atoms with van der Waals surface area (Å²) in [7, 11) is 0. The average Bonchev–Trinajstić information content (AvgIpc) is 3.40. The fourth-order valence-corrected chi connectivity index (χ4v) is 4.04. The molecule has 4 amide bonds. The van der Waals surface area contributed by atoms with Crippen LogP contribution in [0.4, 0.5) is 20.1 Å². The van der Waals surface area contributed by atoms with Gasteiger partial charge in [-0.1, -0.05) is 30.3 Å². The summed E-state index contributed by atoms with van der Waals surface area (Å²) < 4.78 is 15.3.